The second-order valence-electron chi connectivity index (χ2n) is 5.34. The van der Waals surface area contributed by atoms with E-state index >= 15 is 0 Å². The zero-order chi connectivity index (χ0) is 11.7. The summed E-state index contributed by atoms with van der Waals surface area (Å²) in [6.07, 6.45) is 6.99. The van der Waals surface area contributed by atoms with E-state index < -0.39 is 0 Å². The zero-order valence-electron chi connectivity index (χ0n) is 9.97. The molecular weight excluding hydrogens is 250 g/mol. The van der Waals surface area contributed by atoms with Gasteiger partial charge in [-0.3, -0.25) is 0 Å². The molecule has 1 fully saturated rings. The molecule has 92 valence electrons. The Morgan fingerprint density at radius 1 is 1.18 bits per heavy atom. The molecular formula is C14H18ClNS. The fourth-order valence-corrected chi connectivity index (χ4v) is 4.54. The van der Waals surface area contributed by atoms with E-state index in [1.807, 2.05) is 17.8 Å². The van der Waals surface area contributed by atoms with Gasteiger partial charge in [0.2, 0.25) is 0 Å². The lowest BCUT2D eigenvalue weighted by molar-refractivity contribution is 0.241. The van der Waals surface area contributed by atoms with Crippen molar-refractivity contribution >= 4 is 29.1 Å². The summed E-state index contributed by atoms with van der Waals surface area (Å²) < 4.78 is 0. The number of nitrogens with one attached hydrogen (secondary N) is 1. The lowest BCUT2D eigenvalue weighted by Gasteiger charge is -2.35. The van der Waals surface area contributed by atoms with Crippen molar-refractivity contribution < 1.29 is 0 Å². The zero-order valence-corrected chi connectivity index (χ0v) is 11.5. The third-order valence-electron chi connectivity index (χ3n) is 4.05. The minimum absolute atomic E-state index is 0.522. The molecule has 2 aliphatic rings. The molecule has 1 aliphatic heterocycles. The maximum Gasteiger partial charge on any atom is 0.0479 e. The van der Waals surface area contributed by atoms with Crippen LogP contribution < -0.4 is 5.32 Å². The van der Waals surface area contributed by atoms with Gasteiger partial charge >= 0.3 is 0 Å². The average molecular weight is 268 g/mol. The van der Waals surface area contributed by atoms with Crippen LogP contribution in [0.4, 0.5) is 5.69 Å². The molecule has 1 aliphatic carbocycles. The molecule has 0 bridgehead atoms. The van der Waals surface area contributed by atoms with Crippen molar-refractivity contribution in [2.45, 2.75) is 37.0 Å². The molecule has 0 saturated heterocycles. The van der Waals surface area contributed by atoms with Gasteiger partial charge in [-0.1, -0.05) is 30.9 Å². The Bertz CT molecular complexity index is 413. The minimum atomic E-state index is 0.522. The van der Waals surface area contributed by atoms with Crippen molar-refractivity contribution in [3.63, 3.8) is 0 Å². The highest BCUT2D eigenvalue weighted by atomic mass is 35.5. The number of hydrogen-bond acceptors (Lipinski definition) is 2. The number of rotatable bonds is 0. The predicted molar refractivity (Wildman–Crippen MR) is 76.2 cm³/mol. The molecule has 0 amide bonds. The van der Waals surface area contributed by atoms with Crippen molar-refractivity contribution in [2.24, 2.45) is 5.41 Å². The monoisotopic (exact) mass is 267 g/mol. The highest BCUT2D eigenvalue weighted by Gasteiger charge is 2.33. The second-order valence-corrected chi connectivity index (χ2v) is 6.80. The Balaban J connectivity index is 1.82. The van der Waals surface area contributed by atoms with Crippen LogP contribution in [0.1, 0.15) is 32.1 Å². The van der Waals surface area contributed by atoms with Crippen LogP contribution in [-0.4, -0.2) is 12.3 Å². The molecule has 1 spiro atoms. The molecule has 0 atom stereocenters. The first-order valence-corrected chi connectivity index (χ1v) is 7.80. The van der Waals surface area contributed by atoms with Crippen LogP contribution in [0.2, 0.25) is 5.02 Å². The Kier molecular flexibility index (Phi) is 3.27. The average Bonchev–Trinajstić information content (AvgIpc) is 2.52. The van der Waals surface area contributed by atoms with Crippen LogP contribution in [0.15, 0.2) is 23.1 Å². The van der Waals surface area contributed by atoms with Crippen LogP contribution in [0, 0.1) is 5.41 Å². The number of fused-ring (bicyclic) bond motifs is 1. The van der Waals surface area contributed by atoms with Gasteiger partial charge in [-0.25, -0.2) is 0 Å². The molecule has 3 heteroatoms. The lowest BCUT2D eigenvalue weighted by atomic mass is 9.75. The van der Waals surface area contributed by atoms with Crippen LogP contribution in [0.25, 0.3) is 0 Å². The van der Waals surface area contributed by atoms with E-state index in [-0.39, 0.29) is 0 Å². The second kappa shape index (κ2) is 4.74. The number of halogens is 1. The van der Waals surface area contributed by atoms with Gasteiger partial charge in [0, 0.05) is 27.9 Å². The van der Waals surface area contributed by atoms with Gasteiger partial charge in [0.15, 0.2) is 0 Å². The largest absolute Gasteiger partial charge is 0.384 e. The predicted octanol–water partition coefficient (Wildman–Crippen LogP) is 4.81. The van der Waals surface area contributed by atoms with E-state index in [0.29, 0.717) is 5.41 Å². The molecule has 1 saturated carbocycles. The Morgan fingerprint density at radius 3 is 2.82 bits per heavy atom. The topological polar surface area (TPSA) is 12.0 Å². The van der Waals surface area contributed by atoms with E-state index in [1.165, 1.54) is 48.4 Å². The molecule has 0 unspecified atom stereocenters. The summed E-state index contributed by atoms with van der Waals surface area (Å²) in [7, 11) is 0. The minimum Gasteiger partial charge on any atom is -0.384 e. The van der Waals surface area contributed by atoms with Gasteiger partial charge < -0.3 is 5.32 Å². The molecule has 0 radical (unpaired) electrons. The summed E-state index contributed by atoms with van der Waals surface area (Å²) in [5.41, 5.74) is 1.79. The normalized spacial score (nSPS) is 22.6. The first-order valence-electron chi connectivity index (χ1n) is 6.44. The standard InChI is InChI=1S/C14H18ClNS/c15-11-4-5-12-13(8-11)17-10-14(9-16-12)6-2-1-3-7-14/h4-5,8,16H,1-3,6-7,9-10H2. The molecule has 1 heterocycles. The molecule has 0 aromatic heterocycles. The lowest BCUT2D eigenvalue weighted by Crippen LogP contribution is -2.33. The molecule has 1 aromatic rings. The third kappa shape index (κ3) is 2.43. The van der Waals surface area contributed by atoms with Gasteiger partial charge in [-0.2, -0.15) is 0 Å². The van der Waals surface area contributed by atoms with Crippen molar-refractivity contribution in [2.75, 3.05) is 17.6 Å². The van der Waals surface area contributed by atoms with Crippen LogP contribution in [-0.2, 0) is 0 Å². The van der Waals surface area contributed by atoms with Crippen LogP contribution in [0.3, 0.4) is 0 Å². The number of hydrogen-bond donors (Lipinski definition) is 1. The van der Waals surface area contributed by atoms with Gasteiger partial charge in [0.1, 0.15) is 0 Å². The number of anilines is 1. The fourth-order valence-electron chi connectivity index (χ4n) is 2.95. The summed E-state index contributed by atoms with van der Waals surface area (Å²) in [5.74, 6) is 1.24. The first kappa shape index (κ1) is 11.7. The summed E-state index contributed by atoms with van der Waals surface area (Å²) in [6.45, 7) is 1.13. The van der Waals surface area contributed by atoms with Crippen molar-refractivity contribution in [1.29, 1.82) is 0 Å². The highest BCUT2D eigenvalue weighted by Crippen LogP contribution is 2.45. The van der Waals surface area contributed by atoms with E-state index in [0.717, 1.165) is 11.6 Å². The summed E-state index contributed by atoms with van der Waals surface area (Å²) in [4.78, 5) is 1.32. The Morgan fingerprint density at radius 2 is 2.00 bits per heavy atom. The molecule has 1 aromatic carbocycles. The van der Waals surface area contributed by atoms with E-state index in [1.54, 1.807) is 0 Å². The fraction of sp³-hybridized carbons (Fsp3) is 0.571. The molecule has 1 nitrogen and oxygen atoms in total. The van der Waals surface area contributed by atoms with Gasteiger partial charge in [-0.15, -0.1) is 11.8 Å². The highest BCUT2D eigenvalue weighted by molar-refractivity contribution is 7.99. The van der Waals surface area contributed by atoms with Crippen molar-refractivity contribution in [1.82, 2.24) is 0 Å². The molecule has 17 heavy (non-hydrogen) atoms. The van der Waals surface area contributed by atoms with Gasteiger partial charge in [0.05, 0.1) is 0 Å². The van der Waals surface area contributed by atoms with Crippen molar-refractivity contribution in [3.8, 4) is 0 Å². The summed E-state index contributed by atoms with van der Waals surface area (Å²) in [6, 6.07) is 6.19. The molecule has 3 rings (SSSR count). The van der Waals surface area contributed by atoms with Gasteiger partial charge in [0.25, 0.3) is 0 Å². The van der Waals surface area contributed by atoms with E-state index in [9.17, 15) is 0 Å². The summed E-state index contributed by atoms with van der Waals surface area (Å²) in [5, 5.41) is 4.48. The van der Waals surface area contributed by atoms with Crippen molar-refractivity contribution in [3.05, 3.63) is 23.2 Å². The van der Waals surface area contributed by atoms with E-state index in [4.69, 9.17) is 11.6 Å². The Labute approximate surface area is 112 Å². The van der Waals surface area contributed by atoms with Crippen LogP contribution >= 0.6 is 23.4 Å². The van der Waals surface area contributed by atoms with E-state index in [2.05, 4.69) is 17.4 Å². The van der Waals surface area contributed by atoms with Crippen LogP contribution in [0.5, 0.6) is 0 Å². The maximum atomic E-state index is 6.07. The SMILES string of the molecule is Clc1ccc2c(c1)SCC1(CCCCC1)CN2. The third-order valence-corrected chi connectivity index (χ3v) is 5.69. The quantitative estimate of drug-likeness (QED) is 0.724. The number of benzene rings is 1. The number of thioether (sulfide) groups is 1. The first-order chi connectivity index (χ1) is 8.27. The molecule has 1 N–H and O–H groups in total. The maximum absolute atomic E-state index is 6.07. The smallest absolute Gasteiger partial charge is 0.0479 e. The summed E-state index contributed by atoms with van der Waals surface area (Å²) >= 11 is 8.05. The van der Waals surface area contributed by atoms with Gasteiger partial charge in [-0.05, 0) is 36.5 Å². The Hall–Kier alpha value is -0.340.